The van der Waals surface area contributed by atoms with E-state index in [4.69, 9.17) is 22.1 Å². The lowest BCUT2D eigenvalue weighted by atomic mass is 10.2. The summed E-state index contributed by atoms with van der Waals surface area (Å²) in [5, 5.41) is 0.232. The van der Waals surface area contributed by atoms with E-state index in [1.165, 1.54) is 12.1 Å². The van der Waals surface area contributed by atoms with Crippen LogP contribution in [0, 0.1) is 5.82 Å². The summed E-state index contributed by atoms with van der Waals surface area (Å²) in [5.41, 5.74) is 7.94. The second kappa shape index (κ2) is 5.20. The third-order valence-corrected chi connectivity index (χ3v) is 3.99. The smallest absolute Gasteiger partial charge is 0.206 e. The van der Waals surface area contributed by atoms with Crippen LogP contribution in [0.5, 0.6) is 5.75 Å². The van der Waals surface area contributed by atoms with E-state index in [0.29, 0.717) is 21.4 Å². The summed E-state index contributed by atoms with van der Waals surface area (Å²) in [6.07, 6.45) is 0. The van der Waals surface area contributed by atoms with Gasteiger partial charge in [0.1, 0.15) is 11.6 Å². The van der Waals surface area contributed by atoms with E-state index in [0.717, 1.165) is 5.52 Å². The molecule has 21 heavy (non-hydrogen) atoms. The van der Waals surface area contributed by atoms with E-state index >= 15 is 0 Å². The molecular formula is C14H10BrClFN3O. The number of halogens is 3. The van der Waals surface area contributed by atoms with Crippen LogP contribution >= 0.6 is 27.5 Å². The van der Waals surface area contributed by atoms with E-state index in [1.807, 2.05) is 0 Å². The van der Waals surface area contributed by atoms with Gasteiger partial charge in [-0.05, 0) is 40.2 Å². The molecule has 1 heterocycles. The van der Waals surface area contributed by atoms with E-state index in [1.54, 1.807) is 29.9 Å². The summed E-state index contributed by atoms with van der Waals surface area (Å²) < 4.78 is 20.8. The average molecular weight is 371 g/mol. The van der Waals surface area contributed by atoms with Crippen molar-refractivity contribution >= 4 is 44.5 Å². The van der Waals surface area contributed by atoms with Crippen molar-refractivity contribution in [1.82, 2.24) is 9.55 Å². The molecule has 0 saturated heterocycles. The zero-order chi connectivity index (χ0) is 15.1. The lowest BCUT2D eigenvalue weighted by Crippen LogP contribution is -2.03. The fourth-order valence-corrected chi connectivity index (χ4v) is 3.20. The van der Waals surface area contributed by atoms with Crippen LogP contribution in [-0.2, 0) is 0 Å². The number of fused-ring (bicyclic) bond motifs is 1. The molecular weight excluding hydrogens is 361 g/mol. The lowest BCUT2D eigenvalue weighted by molar-refractivity contribution is 0.415. The number of ether oxygens (including phenoxy) is 1. The minimum Gasteiger partial charge on any atom is -0.497 e. The average Bonchev–Trinajstić information content (AvgIpc) is 2.73. The van der Waals surface area contributed by atoms with Crippen molar-refractivity contribution in [3.8, 4) is 11.4 Å². The lowest BCUT2D eigenvalue weighted by Gasteiger charge is -2.11. The fourth-order valence-electron chi connectivity index (χ4n) is 2.18. The molecule has 1 aromatic heterocycles. The van der Waals surface area contributed by atoms with Gasteiger partial charge in [-0.1, -0.05) is 11.6 Å². The number of imidazole rings is 1. The van der Waals surface area contributed by atoms with Gasteiger partial charge in [0.15, 0.2) is 0 Å². The first-order valence-corrected chi connectivity index (χ1v) is 7.15. The Labute approximate surface area is 133 Å². The molecule has 0 unspecified atom stereocenters. The normalized spacial score (nSPS) is 11.0. The van der Waals surface area contributed by atoms with Crippen LogP contribution in [0.4, 0.5) is 10.3 Å². The number of rotatable bonds is 2. The number of nitrogens with two attached hydrogens (primary N) is 1. The Bertz CT molecular complexity index is 827. The summed E-state index contributed by atoms with van der Waals surface area (Å²) in [6.45, 7) is 0. The predicted octanol–water partition coefficient (Wildman–Crippen LogP) is 4.17. The van der Waals surface area contributed by atoms with E-state index < -0.39 is 5.82 Å². The van der Waals surface area contributed by atoms with Gasteiger partial charge in [-0.15, -0.1) is 0 Å². The van der Waals surface area contributed by atoms with Gasteiger partial charge < -0.3 is 10.5 Å². The highest BCUT2D eigenvalue weighted by Crippen LogP contribution is 2.35. The minimum absolute atomic E-state index is 0.232. The zero-order valence-corrected chi connectivity index (χ0v) is 13.2. The Hall–Kier alpha value is -1.79. The molecule has 0 aliphatic rings. The van der Waals surface area contributed by atoms with Gasteiger partial charge in [0.2, 0.25) is 5.95 Å². The van der Waals surface area contributed by atoms with Crippen LogP contribution in [0.25, 0.3) is 16.7 Å². The van der Waals surface area contributed by atoms with E-state index in [9.17, 15) is 4.39 Å². The molecule has 7 heteroatoms. The van der Waals surface area contributed by atoms with Gasteiger partial charge in [0.05, 0.1) is 28.9 Å². The van der Waals surface area contributed by atoms with Gasteiger partial charge in [-0.2, -0.15) is 0 Å². The number of methoxy groups -OCH3 is 1. The molecule has 0 radical (unpaired) electrons. The van der Waals surface area contributed by atoms with Crippen molar-refractivity contribution < 1.29 is 9.13 Å². The van der Waals surface area contributed by atoms with Crippen molar-refractivity contribution in [3.63, 3.8) is 0 Å². The molecule has 108 valence electrons. The second-order valence-electron chi connectivity index (χ2n) is 4.38. The number of hydrogen-bond acceptors (Lipinski definition) is 3. The Morgan fingerprint density at radius 2 is 2.10 bits per heavy atom. The summed E-state index contributed by atoms with van der Waals surface area (Å²) in [4.78, 5) is 4.28. The predicted molar refractivity (Wildman–Crippen MR) is 84.7 cm³/mol. The number of nitrogen functional groups attached to an aromatic ring is 1. The first-order chi connectivity index (χ1) is 10.0. The highest BCUT2D eigenvalue weighted by atomic mass is 79.9. The molecule has 2 aromatic carbocycles. The maximum absolute atomic E-state index is 13.4. The molecule has 0 saturated carbocycles. The molecule has 0 fully saturated rings. The van der Waals surface area contributed by atoms with E-state index in [-0.39, 0.29) is 11.0 Å². The van der Waals surface area contributed by atoms with Crippen molar-refractivity contribution in [3.05, 3.63) is 45.6 Å². The number of anilines is 1. The molecule has 2 N–H and O–H groups in total. The number of nitrogens with zero attached hydrogens (tertiary/aromatic N) is 2. The third-order valence-electron chi connectivity index (χ3n) is 3.09. The molecule has 0 atom stereocenters. The molecule has 4 nitrogen and oxygen atoms in total. The van der Waals surface area contributed by atoms with Crippen LogP contribution < -0.4 is 10.5 Å². The standard InChI is InChI=1S/C14H10BrClFN3O/c1-21-8-2-3-11-12(6-8)20(14(18)19-11)13-9(15)4-7(17)5-10(13)16/h2-6H,1H3,(H2,18,19). The van der Waals surface area contributed by atoms with Crippen LogP contribution in [0.3, 0.4) is 0 Å². The monoisotopic (exact) mass is 369 g/mol. The first-order valence-electron chi connectivity index (χ1n) is 5.98. The van der Waals surface area contributed by atoms with Gasteiger partial charge in [-0.3, -0.25) is 4.57 Å². The summed E-state index contributed by atoms with van der Waals surface area (Å²) in [6, 6.07) is 7.94. The van der Waals surface area contributed by atoms with Gasteiger partial charge in [0.25, 0.3) is 0 Å². The quantitative estimate of drug-likeness (QED) is 0.736. The number of hydrogen-bond donors (Lipinski definition) is 1. The molecule has 0 spiro atoms. The number of benzene rings is 2. The summed E-state index contributed by atoms with van der Waals surface area (Å²) >= 11 is 9.48. The van der Waals surface area contributed by atoms with Crippen molar-refractivity contribution in [2.75, 3.05) is 12.8 Å². The molecule has 0 aliphatic carbocycles. The minimum atomic E-state index is -0.434. The third kappa shape index (κ3) is 2.34. The molecule has 3 aromatic rings. The second-order valence-corrected chi connectivity index (χ2v) is 5.64. The molecule has 0 amide bonds. The largest absolute Gasteiger partial charge is 0.497 e. The van der Waals surface area contributed by atoms with Crippen LogP contribution in [0.15, 0.2) is 34.8 Å². The Morgan fingerprint density at radius 3 is 2.76 bits per heavy atom. The molecule has 3 rings (SSSR count). The van der Waals surface area contributed by atoms with Crippen molar-refractivity contribution in [2.45, 2.75) is 0 Å². The van der Waals surface area contributed by atoms with E-state index in [2.05, 4.69) is 20.9 Å². The highest BCUT2D eigenvalue weighted by Gasteiger charge is 2.17. The zero-order valence-electron chi connectivity index (χ0n) is 10.9. The Balaban J connectivity index is 2.37. The maximum Gasteiger partial charge on any atom is 0.206 e. The fraction of sp³-hybridized carbons (Fsp3) is 0.0714. The summed E-state index contributed by atoms with van der Waals surface area (Å²) in [7, 11) is 1.58. The van der Waals surface area contributed by atoms with Crippen molar-refractivity contribution in [2.24, 2.45) is 0 Å². The number of aromatic nitrogens is 2. The maximum atomic E-state index is 13.4. The van der Waals surface area contributed by atoms with Gasteiger partial charge in [0, 0.05) is 10.5 Å². The van der Waals surface area contributed by atoms with Crippen LogP contribution in [0.2, 0.25) is 5.02 Å². The Kier molecular flexibility index (Phi) is 3.51. The van der Waals surface area contributed by atoms with Crippen molar-refractivity contribution in [1.29, 1.82) is 0 Å². The SMILES string of the molecule is COc1ccc2nc(N)n(-c3c(Cl)cc(F)cc3Br)c2c1. The van der Waals surface area contributed by atoms with Gasteiger partial charge >= 0.3 is 0 Å². The highest BCUT2D eigenvalue weighted by molar-refractivity contribution is 9.10. The van der Waals surface area contributed by atoms with Crippen LogP contribution in [-0.4, -0.2) is 16.7 Å². The topological polar surface area (TPSA) is 53.1 Å². The summed E-state index contributed by atoms with van der Waals surface area (Å²) in [5.74, 6) is 0.488. The first kappa shape index (κ1) is 14.2. The van der Waals surface area contributed by atoms with Gasteiger partial charge in [-0.25, -0.2) is 9.37 Å². The molecule has 0 aliphatic heterocycles. The Morgan fingerprint density at radius 1 is 1.33 bits per heavy atom. The van der Waals surface area contributed by atoms with Crippen LogP contribution in [0.1, 0.15) is 0 Å². The molecule has 0 bridgehead atoms.